The zero-order valence-electron chi connectivity index (χ0n) is 14.6. The Kier molecular flexibility index (Phi) is 5.58. The van der Waals surface area contributed by atoms with Crippen LogP contribution in [0.4, 0.5) is 5.82 Å². The number of pyridine rings is 1. The maximum Gasteiger partial charge on any atom is 0.238 e. The molecule has 7 nitrogen and oxygen atoms in total. The number of hydrogen-bond donors (Lipinski definition) is 1. The van der Waals surface area contributed by atoms with Crippen LogP contribution in [-0.4, -0.2) is 55.5 Å². The van der Waals surface area contributed by atoms with E-state index in [-0.39, 0.29) is 5.91 Å². The van der Waals surface area contributed by atoms with E-state index in [0.717, 1.165) is 37.3 Å². The van der Waals surface area contributed by atoms with Gasteiger partial charge in [-0.3, -0.25) is 4.79 Å². The van der Waals surface area contributed by atoms with Gasteiger partial charge in [-0.05, 0) is 43.4 Å². The third-order valence-electron chi connectivity index (χ3n) is 4.89. The minimum Gasteiger partial charge on any atom is -0.357 e. The maximum absolute atomic E-state index is 12.5. The number of nitrogens with one attached hydrogen (secondary N) is 1. The maximum atomic E-state index is 12.5. The molecule has 2 aliphatic rings. The lowest BCUT2D eigenvalue weighted by Crippen LogP contribution is -2.51. The summed E-state index contributed by atoms with van der Waals surface area (Å²) < 4.78 is 25.1. The summed E-state index contributed by atoms with van der Waals surface area (Å²) in [5, 5.41) is 2.90. The van der Waals surface area contributed by atoms with Crippen molar-refractivity contribution in [1.29, 1.82) is 0 Å². The number of carbonyl (C=O) groups excluding carboxylic acids is 1. The first-order valence-corrected chi connectivity index (χ1v) is 10.7. The van der Waals surface area contributed by atoms with Gasteiger partial charge >= 0.3 is 0 Å². The highest BCUT2D eigenvalue weighted by Crippen LogP contribution is 2.21. The van der Waals surface area contributed by atoms with Gasteiger partial charge in [0.1, 0.15) is 11.9 Å². The largest absolute Gasteiger partial charge is 0.357 e. The van der Waals surface area contributed by atoms with Crippen molar-refractivity contribution in [2.75, 3.05) is 30.8 Å². The van der Waals surface area contributed by atoms with Crippen molar-refractivity contribution in [3.63, 3.8) is 0 Å². The number of piperidine rings is 1. The van der Waals surface area contributed by atoms with Crippen LogP contribution in [-0.2, 0) is 21.4 Å². The van der Waals surface area contributed by atoms with E-state index in [1.165, 1.54) is 23.4 Å². The number of amides is 1. The first-order valence-electron chi connectivity index (χ1n) is 8.89. The van der Waals surface area contributed by atoms with E-state index in [4.69, 9.17) is 0 Å². The average Bonchev–Trinajstić information content (AvgIpc) is 3.14. The highest BCUT2D eigenvalue weighted by Gasteiger charge is 2.34. The van der Waals surface area contributed by atoms with Gasteiger partial charge in [0.05, 0.1) is 6.26 Å². The van der Waals surface area contributed by atoms with Crippen molar-refractivity contribution >= 4 is 21.7 Å². The van der Waals surface area contributed by atoms with Gasteiger partial charge in [-0.1, -0.05) is 6.42 Å². The van der Waals surface area contributed by atoms with Gasteiger partial charge in [0.2, 0.25) is 15.9 Å². The van der Waals surface area contributed by atoms with E-state index < -0.39 is 16.1 Å². The summed E-state index contributed by atoms with van der Waals surface area (Å²) in [5.41, 5.74) is 0.979. The number of hydrogen-bond acceptors (Lipinski definition) is 5. The molecule has 1 unspecified atom stereocenters. The van der Waals surface area contributed by atoms with Gasteiger partial charge < -0.3 is 10.2 Å². The lowest BCUT2D eigenvalue weighted by molar-refractivity contribution is -0.125. The summed E-state index contributed by atoms with van der Waals surface area (Å²) in [4.78, 5) is 19.2. The van der Waals surface area contributed by atoms with Gasteiger partial charge in [0.15, 0.2) is 0 Å². The zero-order chi connectivity index (χ0) is 17.9. The Morgan fingerprint density at radius 1 is 1.24 bits per heavy atom. The summed E-state index contributed by atoms with van der Waals surface area (Å²) in [6.45, 7) is 2.85. The highest BCUT2D eigenvalue weighted by atomic mass is 32.2. The molecule has 1 N–H and O–H groups in total. The summed E-state index contributed by atoms with van der Waals surface area (Å²) in [7, 11) is -3.36. The molecule has 2 aliphatic heterocycles. The van der Waals surface area contributed by atoms with Gasteiger partial charge in [0, 0.05) is 32.4 Å². The smallest absolute Gasteiger partial charge is 0.238 e. The van der Waals surface area contributed by atoms with Gasteiger partial charge in [-0.2, -0.15) is 4.31 Å². The highest BCUT2D eigenvalue weighted by molar-refractivity contribution is 7.88. The third-order valence-corrected chi connectivity index (χ3v) is 6.18. The molecule has 8 heteroatoms. The normalized spacial score (nSPS) is 22.1. The fraction of sp³-hybridized carbons (Fsp3) is 0.647. The minimum atomic E-state index is -3.36. The molecule has 138 valence electrons. The van der Waals surface area contributed by atoms with E-state index in [9.17, 15) is 13.2 Å². The molecule has 3 heterocycles. The Morgan fingerprint density at radius 3 is 2.68 bits per heavy atom. The molecule has 3 rings (SSSR count). The summed E-state index contributed by atoms with van der Waals surface area (Å²) >= 11 is 0. The van der Waals surface area contributed by atoms with E-state index >= 15 is 0 Å². The predicted octanol–water partition coefficient (Wildman–Crippen LogP) is 1.11. The van der Waals surface area contributed by atoms with Crippen LogP contribution in [0, 0.1) is 0 Å². The molecule has 0 aliphatic carbocycles. The van der Waals surface area contributed by atoms with Crippen LogP contribution in [0.15, 0.2) is 18.3 Å². The SMILES string of the molecule is CS(=O)(=O)N1CCCCC1C(=O)NCc1ccnc(N2CCCC2)c1. The van der Waals surface area contributed by atoms with Crippen molar-refractivity contribution in [2.24, 2.45) is 0 Å². The molecule has 2 saturated heterocycles. The minimum absolute atomic E-state index is 0.218. The molecule has 1 aromatic heterocycles. The van der Waals surface area contributed by atoms with Gasteiger partial charge in [-0.25, -0.2) is 13.4 Å². The number of anilines is 1. The molecular weight excluding hydrogens is 340 g/mol. The number of sulfonamides is 1. The molecule has 1 amide bonds. The quantitative estimate of drug-likeness (QED) is 0.844. The summed E-state index contributed by atoms with van der Waals surface area (Å²) in [6, 6.07) is 3.29. The van der Waals surface area contributed by atoms with Crippen molar-refractivity contribution in [3.8, 4) is 0 Å². The lowest BCUT2D eigenvalue weighted by Gasteiger charge is -2.32. The van der Waals surface area contributed by atoms with E-state index in [1.54, 1.807) is 6.20 Å². The Labute approximate surface area is 149 Å². The fourth-order valence-corrected chi connectivity index (χ4v) is 4.68. The molecule has 25 heavy (non-hydrogen) atoms. The summed E-state index contributed by atoms with van der Waals surface area (Å²) in [6.07, 6.45) is 7.56. The van der Waals surface area contributed by atoms with E-state index in [1.807, 2.05) is 12.1 Å². The Morgan fingerprint density at radius 2 is 1.96 bits per heavy atom. The van der Waals surface area contributed by atoms with Crippen molar-refractivity contribution in [2.45, 2.75) is 44.7 Å². The number of carbonyl (C=O) groups is 1. The Bertz CT molecular complexity index is 716. The fourth-order valence-electron chi connectivity index (χ4n) is 3.56. The standard InChI is InChI=1S/C17H26N4O3S/c1-25(23,24)21-11-3-2-6-15(21)17(22)19-13-14-7-8-18-16(12-14)20-9-4-5-10-20/h7-8,12,15H,2-6,9-11,13H2,1H3,(H,19,22). The van der Waals surface area contributed by atoms with Gasteiger partial charge in [0.25, 0.3) is 0 Å². The number of rotatable bonds is 5. The second kappa shape index (κ2) is 7.70. The Hall–Kier alpha value is -1.67. The molecule has 0 saturated carbocycles. The molecule has 0 spiro atoms. The first kappa shape index (κ1) is 18.1. The van der Waals surface area contributed by atoms with Crippen LogP contribution in [0.2, 0.25) is 0 Å². The molecule has 0 radical (unpaired) electrons. The predicted molar refractivity (Wildman–Crippen MR) is 96.7 cm³/mol. The molecule has 1 atom stereocenters. The van der Waals surface area contributed by atoms with Gasteiger partial charge in [-0.15, -0.1) is 0 Å². The third kappa shape index (κ3) is 4.49. The van der Waals surface area contributed by atoms with Crippen LogP contribution in [0.25, 0.3) is 0 Å². The van der Waals surface area contributed by atoms with Crippen LogP contribution < -0.4 is 10.2 Å². The average molecular weight is 366 g/mol. The summed E-state index contributed by atoms with van der Waals surface area (Å²) in [5.74, 6) is 0.726. The second-order valence-electron chi connectivity index (χ2n) is 6.82. The second-order valence-corrected chi connectivity index (χ2v) is 8.75. The van der Waals surface area contributed by atoms with Crippen molar-refractivity contribution in [1.82, 2.24) is 14.6 Å². The molecule has 2 fully saturated rings. The van der Waals surface area contributed by atoms with E-state index in [2.05, 4.69) is 15.2 Å². The van der Waals surface area contributed by atoms with Crippen LogP contribution in [0.5, 0.6) is 0 Å². The molecule has 0 bridgehead atoms. The topological polar surface area (TPSA) is 82.6 Å². The van der Waals surface area contributed by atoms with Crippen molar-refractivity contribution < 1.29 is 13.2 Å². The number of aromatic nitrogens is 1. The molecule has 1 aromatic rings. The van der Waals surface area contributed by atoms with Crippen LogP contribution in [0.3, 0.4) is 0 Å². The number of nitrogens with zero attached hydrogens (tertiary/aromatic N) is 3. The first-order chi connectivity index (χ1) is 11.9. The van der Waals surface area contributed by atoms with Crippen LogP contribution >= 0.6 is 0 Å². The monoisotopic (exact) mass is 366 g/mol. The molecular formula is C17H26N4O3S. The molecule has 0 aromatic carbocycles. The lowest BCUT2D eigenvalue weighted by atomic mass is 10.0. The van der Waals surface area contributed by atoms with Crippen molar-refractivity contribution in [3.05, 3.63) is 23.9 Å². The van der Waals surface area contributed by atoms with E-state index in [0.29, 0.717) is 19.5 Å². The van der Waals surface area contributed by atoms with Crippen LogP contribution in [0.1, 0.15) is 37.7 Å². The zero-order valence-corrected chi connectivity index (χ0v) is 15.5. The Balaban J connectivity index is 1.62.